The summed E-state index contributed by atoms with van der Waals surface area (Å²) in [5, 5.41) is 9.27. The molecule has 0 bridgehead atoms. The molecule has 1 aromatic heterocycles. The molecule has 0 aliphatic carbocycles. The molecule has 18 heavy (non-hydrogen) atoms. The molecule has 1 N–H and O–H groups in total. The van der Waals surface area contributed by atoms with Crippen molar-refractivity contribution in [3.63, 3.8) is 0 Å². The van der Waals surface area contributed by atoms with Crippen molar-refractivity contribution in [1.29, 1.82) is 0 Å². The van der Waals surface area contributed by atoms with Crippen LogP contribution < -0.4 is 0 Å². The highest BCUT2D eigenvalue weighted by atomic mass is 32.2. The van der Waals surface area contributed by atoms with Crippen molar-refractivity contribution in [2.75, 3.05) is 0 Å². The SMILES string of the molecule is O=CS(=O)(=O)n1cc(CC(=O)O)c2ccccc21. The summed E-state index contributed by atoms with van der Waals surface area (Å²) >= 11 is 0. The van der Waals surface area contributed by atoms with Crippen LogP contribution in [0.3, 0.4) is 0 Å². The van der Waals surface area contributed by atoms with Gasteiger partial charge in [-0.05, 0) is 11.6 Å². The number of carbonyl (C=O) groups is 2. The van der Waals surface area contributed by atoms with Gasteiger partial charge in [-0.3, -0.25) is 9.59 Å². The third-order valence-corrected chi connectivity index (χ3v) is 3.59. The van der Waals surface area contributed by atoms with E-state index in [9.17, 15) is 18.0 Å². The Balaban J connectivity index is 2.77. The second kappa shape index (κ2) is 4.26. The van der Waals surface area contributed by atoms with Gasteiger partial charge in [0.05, 0.1) is 11.9 Å². The maximum atomic E-state index is 11.6. The van der Waals surface area contributed by atoms with Gasteiger partial charge in [0.1, 0.15) is 0 Å². The van der Waals surface area contributed by atoms with Crippen LogP contribution in [0.1, 0.15) is 5.56 Å². The number of para-hydroxylation sites is 1. The number of hydrogen-bond donors (Lipinski definition) is 1. The molecule has 94 valence electrons. The normalized spacial score (nSPS) is 11.6. The van der Waals surface area contributed by atoms with Crippen molar-refractivity contribution < 1.29 is 23.1 Å². The number of benzene rings is 1. The number of fused-ring (bicyclic) bond motifs is 1. The predicted molar refractivity (Wildman–Crippen MR) is 64.3 cm³/mol. The van der Waals surface area contributed by atoms with E-state index in [1.165, 1.54) is 12.3 Å². The molecule has 0 unspecified atom stereocenters. The van der Waals surface area contributed by atoms with E-state index in [1.807, 2.05) is 0 Å². The minimum atomic E-state index is -4.10. The number of carbonyl (C=O) groups excluding carboxylic acids is 1. The maximum absolute atomic E-state index is 11.6. The summed E-state index contributed by atoms with van der Waals surface area (Å²) in [6, 6.07) is 6.42. The molecule has 6 nitrogen and oxygen atoms in total. The highest BCUT2D eigenvalue weighted by molar-refractivity contribution is 8.03. The second-order valence-corrected chi connectivity index (χ2v) is 5.29. The standard InChI is InChI=1S/C11H9NO5S/c13-7-18(16,17)12-6-8(5-11(14)15)9-3-1-2-4-10(9)12/h1-4,6-7H,5H2,(H,14,15). The van der Waals surface area contributed by atoms with Gasteiger partial charge in [-0.25, -0.2) is 3.97 Å². The second-order valence-electron chi connectivity index (χ2n) is 3.68. The number of carboxylic acid groups (broad SMARTS) is 1. The Morgan fingerprint density at radius 1 is 1.33 bits per heavy atom. The Hall–Kier alpha value is -2.15. The number of nitrogens with zero attached hydrogens (tertiary/aromatic N) is 1. The lowest BCUT2D eigenvalue weighted by atomic mass is 10.1. The van der Waals surface area contributed by atoms with Crippen LogP contribution >= 0.6 is 0 Å². The maximum Gasteiger partial charge on any atom is 0.307 e. The Bertz CT molecular complexity index is 729. The molecule has 0 saturated carbocycles. The van der Waals surface area contributed by atoms with Gasteiger partial charge in [-0.1, -0.05) is 18.2 Å². The first-order valence-corrected chi connectivity index (χ1v) is 6.47. The summed E-state index contributed by atoms with van der Waals surface area (Å²) in [4.78, 5) is 21.3. The first kappa shape index (κ1) is 12.3. The van der Waals surface area contributed by atoms with Gasteiger partial charge in [0, 0.05) is 11.6 Å². The van der Waals surface area contributed by atoms with Gasteiger partial charge in [0.25, 0.3) is 15.6 Å². The third-order valence-electron chi connectivity index (χ3n) is 2.50. The molecule has 0 amide bonds. The Morgan fingerprint density at radius 3 is 2.61 bits per heavy atom. The van der Waals surface area contributed by atoms with Crippen molar-refractivity contribution in [1.82, 2.24) is 3.97 Å². The summed E-state index contributed by atoms with van der Waals surface area (Å²) in [7, 11) is -4.10. The molecule has 0 atom stereocenters. The van der Waals surface area contributed by atoms with Crippen LogP contribution in [-0.2, 0) is 26.0 Å². The Labute approximate surface area is 103 Å². The molecule has 7 heteroatoms. The van der Waals surface area contributed by atoms with Crippen molar-refractivity contribution in [2.45, 2.75) is 6.42 Å². The van der Waals surface area contributed by atoms with Gasteiger partial charge in [-0.2, -0.15) is 8.42 Å². The highest BCUT2D eigenvalue weighted by Gasteiger charge is 2.18. The molecule has 0 saturated heterocycles. The lowest BCUT2D eigenvalue weighted by Crippen LogP contribution is -2.11. The molecule has 0 spiro atoms. The van der Waals surface area contributed by atoms with Crippen LogP contribution in [0.4, 0.5) is 0 Å². The number of aromatic nitrogens is 1. The van der Waals surface area contributed by atoms with E-state index in [0.717, 1.165) is 3.97 Å². The van der Waals surface area contributed by atoms with Crippen molar-refractivity contribution in [3.8, 4) is 0 Å². The molecule has 1 heterocycles. The Kier molecular flexibility index (Phi) is 2.92. The van der Waals surface area contributed by atoms with E-state index in [0.29, 0.717) is 16.5 Å². The average molecular weight is 267 g/mol. The zero-order valence-corrected chi connectivity index (χ0v) is 9.92. The van der Waals surface area contributed by atoms with Crippen LogP contribution in [0.25, 0.3) is 10.9 Å². The summed E-state index contributed by atoms with van der Waals surface area (Å²) in [5.74, 6) is -1.07. The number of rotatable bonds is 4. The molecule has 1 aromatic carbocycles. The quantitative estimate of drug-likeness (QED) is 0.820. The van der Waals surface area contributed by atoms with Gasteiger partial charge in [0.2, 0.25) is 0 Å². The van der Waals surface area contributed by atoms with Crippen LogP contribution in [0, 0.1) is 0 Å². The van der Waals surface area contributed by atoms with Gasteiger partial charge >= 0.3 is 5.97 Å². The topological polar surface area (TPSA) is 93.4 Å². The number of hydrogen-bond acceptors (Lipinski definition) is 4. The van der Waals surface area contributed by atoms with Gasteiger partial charge < -0.3 is 5.11 Å². The minimum absolute atomic E-state index is 0.163. The molecule has 2 aromatic rings. The summed E-state index contributed by atoms with van der Waals surface area (Å²) in [5.41, 5.74) is 0.480. The third kappa shape index (κ3) is 2.00. The van der Waals surface area contributed by atoms with E-state index >= 15 is 0 Å². The van der Waals surface area contributed by atoms with E-state index in [2.05, 4.69) is 0 Å². The molecule has 0 aliphatic heterocycles. The lowest BCUT2D eigenvalue weighted by molar-refractivity contribution is -0.136. The first-order valence-electron chi connectivity index (χ1n) is 4.97. The zero-order chi connectivity index (χ0) is 13.3. The fraction of sp³-hybridized carbons (Fsp3) is 0.0909. The summed E-state index contributed by atoms with van der Waals surface area (Å²) in [6.45, 7) is 0. The molecule has 0 aliphatic rings. The van der Waals surface area contributed by atoms with E-state index in [-0.39, 0.29) is 12.0 Å². The van der Waals surface area contributed by atoms with E-state index < -0.39 is 16.0 Å². The average Bonchev–Trinajstić information content (AvgIpc) is 2.69. The van der Waals surface area contributed by atoms with Gasteiger partial charge in [-0.15, -0.1) is 0 Å². The first-order chi connectivity index (χ1) is 8.45. The monoisotopic (exact) mass is 267 g/mol. The summed E-state index contributed by atoms with van der Waals surface area (Å²) in [6.07, 6.45) is 0.865. The van der Waals surface area contributed by atoms with Crippen molar-refractivity contribution in [3.05, 3.63) is 36.0 Å². The highest BCUT2D eigenvalue weighted by Crippen LogP contribution is 2.23. The fourth-order valence-electron chi connectivity index (χ4n) is 1.78. The zero-order valence-electron chi connectivity index (χ0n) is 9.11. The van der Waals surface area contributed by atoms with Crippen LogP contribution in [0.2, 0.25) is 0 Å². The van der Waals surface area contributed by atoms with E-state index in [4.69, 9.17) is 5.11 Å². The van der Waals surface area contributed by atoms with Gasteiger partial charge in [0.15, 0.2) is 0 Å². The molecule has 0 radical (unpaired) electrons. The number of carboxylic acids is 1. The number of aliphatic carboxylic acids is 1. The van der Waals surface area contributed by atoms with E-state index in [1.54, 1.807) is 18.2 Å². The molecule has 0 fully saturated rings. The van der Waals surface area contributed by atoms with Crippen molar-refractivity contribution in [2.24, 2.45) is 0 Å². The van der Waals surface area contributed by atoms with Crippen LogP contribution in [-0.4, -0.2) is 29.1 Å². The lowest BCUT2D eigenvalue weighted by Gasteiger charge is -1.99. The summed E-state index contributed by atoms with van der Waals surface area (Å²) < 4.78 is 23.9. The predicted octanol–water partition coefficient (Wildman–Crippen LogP) is 0.636. The van der Waals surface area contributed by atoms with Crippen LogP contribution in [0.5, 0.6) is 0 Å². The van der Waals surface area contributed by atoms with Crippen molar-refractivity contribution >= 4 is 32.5 Å². The largest absolute Gasteiger partial charge is 0.481 e. The smallest absolute Gasteiger partial charge is 0.307 e. The molecular formula is C11H9NO5S. The van der Waals surface area contributed by atoms with Crippen LogP contribution in [0.15, 0.2) is 30.5 Å². The minimum Gasteiger partial charge on any atom is -0.481 e. The molecular weight excluding hydrogens is 258 g/mol. The fourth-order valence-corrected chi connectivity index (χ4v) is 2.58. The Morgan fingerprint density at radius 2 is 2.00 bits per heavy atom. The molecule has 2 rings (SSSR count).